The molecule has 0 radical (unpaired) electrons. The van der Waals surface area contributed by atoms with E-state index in [2.05, 4.69) is 34.9 Å². The summed E-state index contributed by atoms with van der Waals surface area (Å²) in [4.78, 5) is 46.6. The number of aromatic nitrogens is 4. The number of nitrogens with two attached hydrogens (primary N) is 1. The van der Waals surface area contributed by atoms with Gasteiger partial charge < -0.3 is 21.0 Å². The number of nitrogens with zero attached hydrogens (tertiary/aromatic N) is 6. The quantitative estimate of drug-likeness (QED) is 0.164. The van der Waals surface area contributed by atoms with Crippen LogP contribution in [0.3, 0.4) is 0 Å². The van der Waals surface area contributed by atoms with Crippen molar-refractivity contribution in [1.82, 2.24) is 29.8 Å². The minimum atomic E-state index is -4.71. The average Bonchev–Trinajstić information content (AvgIpc) is 3.49. The molecular formula is C16H13F3N8O5S4. The minimum absolute atomic E-state index is 0.0785. The molecule has 0 spiro atoms. The number of fused-ring (bicyclic) bond motifs is 1. The number of carbonyl (C=O) groups is 3. The van der Waals surface area contributed by atoms with Crippen molar-refractivity contribution >= 4 is 75.0 Å². The maximum atomic E-state index is 12.8. The van der Waals surface area contributed by atoms with Gasteiger partial charge in [0.2, 0.25) is 18.1 Å². The number of thioether (sulfide) groups is 2. The lowest BCUT2D eigenvalue weighted by Gasteiger charge is -2.49. The summed E-state index contributed by atoms with van der Waals surface area (Å²) in [5.74, 6) is -2.98. The second kappa shape index (κ2) is 10.6. The van der Waals surface area contributed by atoms with E-state index in [1.807, 2.05) is 0 Å². The molecule has 4 heterocycles. The highest BCUT2D eigenvalue weighted by Gasteiger charge is 2.54. The Morgan fingerprint density at radius 2 is 2.19 bits per heavy atom. The van der Waals surface area contributed by atoms with Crippen LogP contribution in [0.1, 0.15) is 5.82 Å². The van der Waals surface area contributed by atoms with Crippen molar-refractivity contribution in [2.45, 2.75) is 21.9 Å². The first kappa shape index (κ1) is 26.1. The maximum absolute atomic E-state index is 12.8. The Kier molecular flexibility index (Phi) is 7.66. The van der Waals surface area contributed by atoms with Gasteiger partial charge in [-0.3, -0.25) is 14.5 Å². The number of hydrogen-bond acceptors (Lipinski definition) is 14. The van der Waals surface area contributed by atoms with Crippen molar-refractivity contribution in [2.75, 3.05) is 23.8 Å². The summed E-state index contributed by atoms with van der Waals surface area (Å²) in [5.41, 5.74) is 6.60. The highest BCUT2D eigenvalue weighted by molar-refractivity contribution is 8.01. The number of hydrogen-bond donors (Lipinski definition) is 3. The van der Waals surface area contributed by atoms with E-state index in [1.54, 1.807) is 0 Å². The van der Waals surface area contributed by atoms with Crippen molar-refractivity contribution in [3.05, 3.63) is 22.6 Å². The Labute approximate surface area is 215 Å². The zero-order chi connectivity index (χ0) is 26.0. The molecule has 2 aliphatic rings. The van der Waals surface area contributed by atoms with Crippen LogP contribution in [0.15, 0.2) is 26.3 Å². The van der Waals surface area contributed by atoms with Crippen LogP contribution in [0.5, 0.6) is 0 Å². The molecule has 4 rings (SSSR count). The summed E-state index contributed by atoms with van der Waals surface area (Å²) in [6.45, 7) is -1.78. The lowest BCUT2D eigenvalue weighted by Crippen LogP contribution is -2.71. The molecule has 2 aromatic rings. The van der Waals surface area contributed by atoms with E-state index in [0.717, 1.165) is 4.90 Å². The molecule has 0 aliphatic carbocycles. The normalized spacial score (nSPS) is 20.1. The smallest absolute Gasteiger partial charge is 0.425 e. The van der Waals surface area contributed by atoms with Gasteiger partial charge in [-0.2, -0.15) is 22.5 Å². The fourth-order valence-corrected chi connectivity index (χ4v) is 6.47. The molecule has 0 aromatic carbocycles. The highest BCUT2D eigenvalue weighted by Crippen LogP contribution is 2.41. The first-order valence-electron chi connectivity index (χ1n) is 9.51. The molecule has 2 atom stereocenters. The number of oxime groups is 1. The minimum Gasteiger partial charge on any atom is -0.477 e. The van der Waals surface area contributed by atoms with Gasteiger partial charge in [0.15, 0.2) is 9.47 Å². The van der Waals surface area contributed by atoms with Gasteiger partial charge in [-0.05, 0) is 5.57 Å². The molecule has 36 heavy (non-hydrogen) atoms. The van der Waals surface area contributed by atoms with Crippen LogP contribution in [0, 0.1) is 0 Å². The number of carbonyl (C=O) groups excluding carboxylic acids is 2. The van der Waals surface area contributed by atoms with Crippen molar-refractivity contribution in [1.29, 1.82) is 0 Å². The summed E-state index contributed by atoms with van der Waals surface area (Å²) < 4.78 is 41.7. The lowest BCUT2D eigenvalue weighted by atomic mass is 10.0. The van der Waals surface area contributed by atoms with Gasteiger partial charge in [-0.1, -0.05) is 28.3 Å². The molecule has 192 valence electrons. The Balaban J connectivity index is 1.49. The van der Waals surface area contributed by atoms with Crippen molar-refractivity contribution < 1.29 is 37.5 Å². The van der Waals surface area contributed by atoms with Crippen molar-refractivity contribution in [3.8, 4) is 0 Å². The van der Waals surface area contributed by atoms with E-state index in [9.17, 15) is 32.7 Å². The number of aliphatic carboxylic acids is 1. The topological polar surface area (TPSA) is 186 Å². The van der Waals surface area contributed by atoms with Crippen LogP contribution < -0.4 is 11.1 Å². The molecule has 1 saturated heterocycles. The van der Waals surface area contributed by atoms with Crippen LogP contribution in [0.25, 0.3) is 0 Å². The number of amides is 2. The highest BCUT2D eigenvalue weighted by atomic mass is 32.2. The number of nitrogens with one attached hydrogen (secondary N) is 1. The summed E-state index contributed by atoms with van der Waals surface area (Å²) in [5, 5.41) is 22.0. The summed E-state index contributed by atoms with van der Waals surface area (Å²) in [6.07, 6.45) is -4.71. The van der Waals surface area contributed by atoms with E-state index in [4.69, 9.17) is 5.73 Å². The molecule has 20 heteroatoms. The zero-order valence-electron chi connectivity index (χ0n) is 17.5. The van der Waals surface area contributed by atoms with Gasteiger partial charge in [0.05, 0.1) is 0 Å². The predicted octanol–water partition coefficient (Wildman–Crippen LogP) is 0.786. The molecule has 1 unspecified atom stereocenters. The first-order valence-corrected chi connectivity index (χ1v) is 13.2. The monoisotopic (exact) mass is 582 g/mol. The van der Waals surface area contributed by atoms with E-state index >= 15 is 0 Å². The number of nitrogen functional groups attached to an aromatic ring is 1. The number of rotatable bonds is 9. The van der Waals surface area contributed by atoms with E-state index in [-0.39, 0.29) is 28.2 Å². The van der Waals surface area contributed by atoms with Crippen LogP contribution in [-0.4, -0.2) is 88.8 Å². The molecule has 2 aliphatic heterocycles. The van der Waals surface area contributed by atoms with Gasteiger partial charge in [0.1, 0.15) is 22.6 Å². The predicted molar refractivity (Wildman–Crippen MR) is 123 cm³/mol. The summed E-state index contributed by atoms with van der Waals surface area (Å²) in [7, 11) is 0. The van der Waals surface area contributed by atoms with Crippen LogP contribution in [0.4, 0.5) is 18.3 Å². The maximum Gasteiger partial charge on any atom is 0.425 e. The number of carboxylic acids is 1. The summed E-state index contributed by atoms with van der Waals surface area (Å²) in [6, 6.07) is -1.17. The SMILES string of the molecule is Nc1nc(/C(=N\OCC(F)(F)F)C(=O)NC2C(=O)N3C(C(=O)O)=C(CSc4nncs4)CS[C@H]23)ns1. The number of halogens is 3. The zero-order valence-corrected chi connectivity index (χ0v) is 20.7. The number of alkyl halides is 3. The van der Waals surface area contributed by atoms with Crippen molar-refractivity contribution in [3.63, 3.8) is 0 Å². The van der Waals surface area contributed by atoms with E-state index < -0.39 is 47.7 Å². The number of anilines is 1. The molecule has 0 bridgehead atoms. The average molecular weight is 583 g/mol. The molecule has 2 amide bonds. The van der Waals surface area contributed by atoms with E-state index in [1.165, 1.54) is 40.4 Å². The fraction of sp³-hybridized carbons (Fsp3) is 0.375. The van der Waals surface area contributed by atoms with E-state index in [0.29, 0.717) is 21.4 Å². The lowest BCUT2D eigenvalue weighted by molar-refractivity contribution is -0.174. The second-order valence-electron chi connectivity index (χ2n) is 6.90. The molecule has 2 aromatic heterocycles. The third-order valence-corrected chi connectivity index (χ3v) is 8.33. The Morgan fingerprint density at radius 1 is 1.42 bits per heavy atom. The Hall–Kier alpha value is -2.97. The van der Waals surface area contributed by atoms with Crippen LogP contribution in [-0.2, 0) is 19.2 Å². The van der Waals surface area contributed by atoms with Gasteiger partial charge >= 0.3 is 12.1 Å². The van der Waals surface area contributed by atoms with Crippen molar-refractivity contribution in [2.24, 2.45) is 5.16 Å². The number of β-lactam (4-membered cyclic amide) rings is 1. The Bertz CT molecular complexity index is 1230. The molecule has 13 nitrogen and oxygen atoms in total. The van der Waals surface area contributed by atoms with Crippen LogP contribution in [0.2, 0.25) is 0 Å². The standard InChI is InChI=1S/C16H13F3N8O5S4/c17-16(18,19)3-32-25-6(9-23-14(20)36-26-9)10(28)22-7-11(29)27-8(13(30)31)5(1-33-12(7)27)2-34-15-24-21-4-35-15/h4,7,12H,1-3H2,(H,22,28)(H,30,31)(H2,20,23,26)/b25-6+/t7?,12-/m1/s1. The largest absolute Gasteiger partial charge is 0.477 e. The third kappa shape index (κ3) is 5.71. The van der Waals surface area contributed by atoms with Crippen LogP contribution >= 0.6 is 46.4 Å². The van der Waals surface area contributed by atoms with Gasteiger partial charge in [-0.15, -0.1) is 22.0 Å². The first-order chi connectivity index (χ1) is 17.0. The molecular weight excluding hydrogens is 569 g/mol. The summed E-state index contributed by atoms with van der Waals surface area (Å²) >= 11 is 4.46. The fourth-order valence-electron chi connectivity index (χ4n) is 3.06. The van der Waals surface area contributed by atoms with Gasteiger partial charge in [0, 0.05) is 23.0 Å². The Morgan fingerprint density at radius 3 is 2.81 bits per heavy atom. The molecule has 0 saturated carbocycles. The number of carboxylic acid groups (broad SMARTS) is 1. The molecule has 4 N–H and O–H groups in total. The third-order valence-electron chi connectivity index (χ3n) is 4.50. The second-order valence-corrected chi connectivity index (χ2v) is 10.8. The van der Waals surface area contributed by atoms with Gasteiger partial charge in [-0.25, -0.2) is 4.79 Å². The van der Waals surface area contributed by atoms with Gasteiger partial charge in [0.25, 0.3) is 11.8 Å². The molecule has 1 fully saturated rings.